The van der Waals surface area contributed by atoms with Crippen LogP contribution in [0.1, 0.15) is 31.2 Å². The summed E-state index contributed by atoms with van der Waals surface area (Å²) in [4.78, 5) is 25.7. The minimum absolute atomic E-state index is 0.0817. The van der Waals surface area contributed by atoms with Gasteiger partial charge in [0.05, 0.1) is 11.3 Å². The van der Waals surface area contributed by atoms with Gasteiger partial charge in [-0.05, 0) is 43.4 Å². The minimum Gasteiger partial charge on any atom is -0.481 e. The summed E-state index contributed by atoms with van der Waals surface area (Å²) in [5.41, 5.74) is 6.95. The van der Waals surface area contributed by atoms with E-state index in [1.54, 1.807) is 4.90 Å². The van der Waals surface area contributed by atoms with Crippen molar-refractivity contribution in [2.75, 3.05) is 18.8 Å². The molecule has 1 aromatic carbocycles. The molecule has 0 aromatic heterocycles. The minimum atomic E-state index is -0.801. The lowest BCUT2D eigenvalue weighted by Crippen LogP contribution is -2.46. The van der Waals surface area contributed by atoms with Gasteiger partial charge in [0.15, 0.2) is 0 Å². The molecule has 1 atom stereocenters. The summed E-state index contributed by atoms with van der Waals surface area (Å²) in [6, 6.07) is 7.47. The summed E-state index contributed by atoms with van der Waals surface area (Å²) < 4.78 is 0. The van der Waals surface area contributed by atoms with E-state index >= 15 is 0 Å². The molecule has 1 amide bonds. The lowest BCUT2D eigenvalue weighted by atomic mass is 9.91. The van der Waals surface area contributed by atoms with Crippen LogP contribution in [0.15, 0.2) is 24.3 Å². The van der Waals surface area contributed by atoms with E-state index in [0.29, 0.717) is 25.2 Å². The van der Waals surface area contributed by atoms with Crippen molar-refractivity contribution in [3.05, 3.63) is 29.8 Å². The third-order valence-corrected chi connectivity index (χ3v) is 4.68. The van der Waals surface area contributed by atoms with Gasteiger partial charge in [-0.25, -0.2) is 0 Å². The summed E-state index contributed by atoms with van der Waals surface area (Å²) in [6.45, 7) is 1.00. The number of hydrogen-bond acceptors (Lipinski definition) is 3. The summed E-state index contributed by atoms with van der Waals surface area (Å²) in [5.74, 6) is -1.15. The fraction of sp³-hybridized carbons (Fsp3) is 0.500. The van der Waals surface area contributed by atoms with Gasteiger partial charge >= 0.3 is 5.97 Å². The van der Waals surface area contributed by atoms with Gasteiger partial charge in [-0.2, -0.15) is 0 Å². The maximum absolute atomic E-state index is 12.8. The van der Waals surface area contributed by atoms with Crippen LogP contribution in [0.4, 0.5) is 5.69 Å². The predicted octanol–water partition coefficient (Wildman–Crippen LogP) is 1.62. The molecule has 3 N–H and O–H groups in total. The number of hydrogen-bond donors (Lipinski definition) is 2. The van der Waals surface area contributed by atoms with Gasteiger partial charge in [0, 0.05) is 18.8 Å². The van der Waals surface area contributed by atoms with Crippen LogP contribution in [-0.4, -0.2) is 35.0 Å². The molecule has 1 heterocycles. The normalized spacial score (nSPS) is 23.6. The Morgan fingerprint density at radius 2 is 1.90 bits per heavy atom. The Hall–Kier alpha value is -2.04. The smallest absolute Gasteiger partial charge is 0.308 e. The number of nitrogen functional groups attached to an aromatic ring is 1. The van der Waals surface area contributed by atoms with Crippen LogP contribution in [0.5, 0.6) is 0 Å². The number of likely N-dealkylation sites (tertiary alicyclic amines) is 1. The number of carbonyl (C=O) groups excluding carboxylic acids is 1. The second kappa shape index (κ2) is 5.06. The van der Waals surface area contributed by atoms with Crippen LogP contribution >= 0.6 is 0 Å². The van der Waals surface area contributed by atoms with Crippen molar-refractivity contribution < 1.29 is 14.7 Å². The topological polar surface area (TPSA) is 83.6 Å². The van der Waals surface area contributed by atoms with E-state index < -0.39 is 17.3 Å². The third-order valence-electron chi connectivity index (χ3n) is 4.68. The Balaban J connectivity index is 1.78. The second-order valence-corrected chi connectivity index (χ2v) is 6.13. The van der Waals surface area contributed by atoms with Crippen LogP contribution in [0, 0.1) is 5.92 Å². The Kier molecular flexibility index (Phi) is 3.35. The molecular formula is C16H20N2O3. The molecule has 5 heteroatoms. The largest absolute Gasteiger partial charge is 0.481 e. The number of carboxylic acid groups (broad SMARTS) is 1. The highest BCUT2D eigenvalue weighted by atomic mass is 16.4. The van der Waals surface area contributed by atoms with E-state index in [2.05, 4.69) is 0 Å². The maximum Gasteiger partial charge on any atom is 0.308 e. The molecule has 3 rings (SSSR count). The molecule has 1 saturated carbocycles. The van der Waals surface area contributed by atoms with Crippen molar-refractivity contribution in [3.8, 4) is 0 Å². The molecule has 1 aliphatic heterocycles. The van der Waals surface area contributed by atoms with Crippen LogP contribution < -0.4 is 5.73 Å². The van der Waals surface area contributed by atoms with Gasteiger partial charge < -0.3 is 15.7 Å². The lowest BCUT2D eigenvalue weighted by Gasteiger charge is -2.33. The Bertz CT molecular complexity index is 563. The predicted molar refractivity (Wildman–Crippen MR) is 78.7 cm³/mol. The molecule has 5 nitrogen and oxygen atoms in total. The van der Waals surface area contributed by atoms with Gasteiger partial charge in [0.1, 0.15) is 0 Å². The highest BCUT2D eigenvalue weighted by Crippen LogP contribution is 2.50. The first-order valence-electron chi connectivity index (χ1n) is 7.41. The van der Waals surface area contributed by atoms with Crippen molar-refractivity contribution in [1.29, 1.82) is 0 Å². The summed E-state index contributed by atoms with van der Waals surface area (Å²) in [7, 11) is 0. The standard InChI is InChI=1S/C16H20N2O3/c17-13-5-3-12(4-6-13)16(7-8-16)15(21)18-9-1-2-11(10-18)14(19)20/h3-6,11H,1-2,7-10,17H2,(H,19,20)/t11-/m0/s1. The van der Waals surface area contributed by atoms with Gasteiger partial charge in [0.25, 0.3) is 0 Å². The Labute approximate surface area is 123 Å². The zero-order valence-corrected chi connectivity index (χ0v) is 11.9. The SMILES string of the molecule is Nc1ccc(C2(C(=O)N3CCC[C@H](C(=O)O)C3)CC2)cc1. The molecule has 0 unspecified atom stereocenters. The summed E-state index contributed by atoms with van der Waals surface area (Å²) >= 11 is 0. The van der Waals surface area contributed by atoms with E-state index in [9.17, 15) is 9.59 Å². The molecule has 0 radical (unpaired) electrons. The number of aliphatic carboxylic acids is 1. The number of carbonyl (C=O) groups is 2. The summed E-state index contributed by atoms with van der Waals surface area (Å²) in [6.07, 6.45) is 3.10. The molecule has 1 aromatic rings. The Morgan fingerprint density at radius 1 is 1.24 bits per heavy atom. The number of rotatable bonds is 3. The van der Waals surface area contributed by atoms with E-state index in [0.717, 1.165) is 24.8 Å². The van der Waals surface area contributed by atoms with Crippen molar-refractivity contribution in [3.63, 3.8) is 0 Å². The highest BCUT2D eigenvalue weighted by molar-refractivity contribution is 5.91. The average Bonchev–Trinajstić information content (AvgIpc) is 3.29. The van der Waals surface area contributed by atoms with E-state index in [1.165, 1.54) is 0 Å². The monoisotopic (exact) mass is 288 g/mol. The molecule has 1 aliphatic carbocycles. The van der Waals surface area contributed by atoms with Gasteiger partial charge in [-0.3, -0.25) is 9.59 Å². The number of nitrogens with two attached hydrogens (primary N) is 1. The van der Waals surface area contributed by atoms with Crippen LogP contribution in [-0.2, 0) is 15.0 Å². The molecular weight excluding hydrogens is 268 g/mol. The molecule has 2 aliphatic rings. The van der Waals surface area contributed by atoms with Crippen molar-refractivity contribution in [2.45, 2.75) is 31.1 Å². The fourth-order valence-electron chi connectivity index (χ4n) is 3.22. The average molecular weight is 288 g/mol. The second-order valence-electron chi connectivity index (χ2n) is 6.13. The number of benzene rings is 1. The van der Waals surface area contributed by atoms with Crippen LogP contribution in [0.3, 0.4) is 0 Å². The first kappa shape index (κ1) is 13.9. The Morgan fingerprint density at radius 3 is 2.48 bits per heavy atom. The number of carboxylic acids is 1. The number of amides is 1. The van der Waals surface area contributed by atoms with E-state index in [1.807, 2.05) is 24.3 Å². The molecule has 2 fully saturated rings. The van der Waals surface area contributed by atoms with Crippen LogP contribution in [0.25, 0.3) is 0 Å². The molecule has 0 spiro atoms. The van der Waals surface area contributed by atoms with Gasteiger partial charge in [-0.1, -0.05) is 12.1 Å². The molecule has 112 valence electrons. The third kappa shape index (κ3) is 2.48. The van der Waals surface area contributed by atoms with E-state index in [-0.39, 0.29) is 5.91 Å². The quantitative estimate of drug-likeness (QED) is 0.828. The molecule has 0 bridgehead atoms. The first-order chi connectivity index (χ1) is 10.0. The number of nitrogens with zero attached hydrogens (tertiary/aromatic N) is 1. The van der Waals surface area contributed by atoms with Crippen LogP contribution in [0.2, 0.25) is 0 Å². The number of piperidine rings is 1. The van der Waals surface area contributed by atoms with E-state index in [4.69, 9.17) is 10.8 Å². The zero-order valence-electron chi connectivity index (χ0n) is 11.9. The van der Waals surface area contributed by atoms with Gasteiger partial charge in [0.2, 0.25) is 5.91 Å². The van der Waals surface area contributed by atoms with Gasteiger partial charge in [-0.15, -0.1) is 0 Å². The van der Waals surface area contributed by atoms with Crippen molar-refractivity contribution >= 4 is 17.6 Å². The fourth-order valence-corrected chi connectivity index (χ4v) is 3.22. The lowest BCUT2D eigenvalue weighted by molar-refractivity contribution is -0.146. The van der Waals surface area contributed by atoms with Crippen molar-refractivity contribution in [2.24, 2.45) is 5.92 Å². The zero-order chi connectivity index (χ0) is 15.0. The molecule has 21 heavy (non-hydrogen) atoms. The number of anilines is 1. The molecule has 1 saturated heterocycles. The highest BCUT2D eigenvalue weighted by Gasteiger charge is 2.53. The first-order valence-corrected chi connectivity index (χ1v) is 7.41. The summed E-state index contributed by atoms with van der Waals surface area (Å²) in [5, 5.41) is 9.15. The van der Waals surface area contributed by atoms with Crippen molar-refractivity contribution in [1.82, 2.24) is 4.90 Å². The maximum atomic E-state index is 12.8.